The topological polar surface area (TPSA) is 41.5 Å². The molecule has 0 spiro atoms. The van der Waals surface area contributed by atoms with Crippen molar-refractivity contribution in [3.63, 3.8) is 0 Å². The number of alkyl halides is 1. The summed E-state index contributed by atoms with van der Waals surface area (Å²) in [7, 11) is 0. The van der Waals surface area contributed by atoms with E-state index in [-0.39, 0.29) is 12.6 Å². The van der Waals surface area contributed by atoms with E-state index in [2.05, 4.69) is 41.8 Å². The van der Waals surface area contributed by atoms with Crippen LogP contribution >= 0.6 is 22.6 Å². The lowest BCUT2D eigenvalue weighted by molar-refractivity contribution is 0.152. The van der Waals surface area contributed by atoms with E-state index >= 15 is 0 Å². The molecule has 1 unspecified atom stereocenters. The lowest BCUT2D eigenvalue weighted by Gasteiger charge is -2.18. The van der Waals surface area contributed by atoms with Crippen LogP contribution in [0.5, 0.6) is 0 Å². The summed E-state index contributed by atoms with van der Waals surface area (Å²) in [5, 5.41) is 12.2. The summed E-state index contributed by atoms with van der Waals surface area (Å²) in [6.45, 7) is 5.04. The summed E-state index contributed by atoms with van der Waals surface area (Å²) in [6, 6.07) is 0.592. The van der Waals surface area contributed by atoms with Gasteiger partial charge in [-0.25, -0.2) is 0 Å². The fourth-order valence-electron chi connectivity index (χ4n) is 0.979. The maximum atomic E-state index is 8.95. The van der Waals surface area contributed by atoms with Gasteiger partial charge in [0.2, 0.25) is 0 Å². The lowest BCUT2D eigenvalue weighted by Crippen LogP contribution is -2.38. The van der Waals surface area contributed by atoms with E-state index in [1.54, 1.807) is 0 Å². The minimum Gasteiger partial charge on any atom is -0.395 e. The first-order chi connectivity index (χ1) is 5.70. The number of hydrogen-bond donors (Lipinski definition) is 2. The van der Waals surface area contributed by atoms with Crippen LogP contribution in [-0.4, -0.2) is 35.0 Å². The fraction of sp³-hybridized carbons (Fsp3) is 1.00. The van der Waals surface area contributed by atoms with Gasteiger partial charge in [0.05, 0.1) is 11.2 Å². The molecule has 0 aliphatic rings. The molecule has 2 N–H and O–H groups in total. The van der Waals surface area contributed by atoms with E-state index in [1.807, 2.05) is 0 Å². The molecule has 0 aliphatic carbocycles. The summed E-state index contributed by atoms with van der Waals surface area (Å²) in [5.74, 6) is 0. The minimum atomic E-state index is 0.174. The highest BCUT2D eigenvalue weighted by Crippen LogP contribution is 1.95. The van der Waals surface area contributed by atoms with Gasteiger partial charge in [-0.15, -0.1) is 0 Å². The zero-order valence-electron chi connectivity index (χ0n) is 7.72. The zero-order valence-corrected chi connectivity index (χ0v) is 9.87. The van der Waals surface area contributed by atoms with E-state index < -0.39 is 0 Å². The molecule has 0 aromatic heterocycles. The number of nitrogens with one attached hydrogen (secondary N) is 1. The maximum absolute atomic E-state index is 8.95. The normalized spacial score (nSPS) is 13.8. The molecular weight excluding hydrogens is 269 g/mol. The molecule has 0 amide bonds. The number of hydrogen-bond acceptors (Lipinski definition) is 3. The molecule has 1 atom stereocenters. The Kier molecular flexibility index (Phi) is 8.64. The van der Waals surface area contributed by atoms with Crippen molar-refractivity contribution in [2.75, 3.05) is 17.8 Å². The second-order valence-electron chi connectivity index (χ2n) is 3.01. The molecule has 4 heteroatoms. The Morgan fingerprint density at radius 2 is 2.17 bits per heavy atom. The highest BCUT2D eigenvalue weighted by molar-refractivity contribution is 14.1. The zero-order chi connectivity index (χ0) is 9.40. The van der Waals surface area contributed by atoms with Crippen LogP contribution in [0.3, 0.4) is 0 Å². The average molecular weight is 287 g/mol. The largest absolute Gasteiger partial charge is 0.395 e. The van der Waals surface area contributed by atoms with Gasteiger partial charge in [-0.1, -0.05) is 36.4 Å². The van der Waals surface area contributed by atoms with Crippen molar-refractivity contribution in [3.05, 3.63) is 0 Å². The van der Waals surface area contributed by atoms with Crippen molar-refractivity contribution in [1.29, 1.82) is 0 Å². The number of rotatable bonds is 7. The van der Waals surface area contributed by atoms with Crippen LogP contribution in [0.1, 0.15) is 20.3 Å². The molecule has 0 aliphatic heterocycles. The molecular formula is C8H18INO2. The Morgan fingerprint density at radius 1 is 1.50 bits per heavy atom. The second kappa shape index (κ2) is 8.22. The minimum absolute atomic E-state index is 0.174. The molecule has 0 saturated carbocycles. The van der Waals surface area contributed by atoms with E-state index in [0.717, 1.165) is 11.0 Å². The van der Waals surface area contributed by atoms with Gasteiger partial charge in [-0.2, -0.15) is 0 Å². The molecule has 0 fully saturated rings. The second-order valence-corrected chi connectivity index (χ2v) is 3.63. The first kappa shape index (κ1) is 12.6. The fourth-order valence-corrected chi connectivity index (χ4v) is 1.29. The summed E-state index contributed by atoms with van der Waals surface area (Å²) in [6.07, 6.45) is 0.873. The molecule has 0 radical (unpaired) electrons. The lowest BCUT2D eigenvalue weighted by atomic mass is 10.2. The Balaban J connectivity index is 3.39. The van der Waals surface area contributed by atoms with Gasteiger partial charge in [-0.05, 0) is 6.42 Å². The molecule has 0 bridgehead atoms. The number of aliphatic hydroxyl groups excluding tert-OH is 1. The highest BCUT2D eigenvalue weighted by Gasteiger charge is 2.07. The third-order valence-electron chi connectivity index (χ3n) is 1.48. The predicted molar refractivity (Wildman–Crippen MR) is 58.6 cm³/mol. The molecule has 0 rings (SSSR count). The standard InChI is InChI=1S/C8H18INO2/c1-7(2)10-8(5-11)3-4-12-6-9/h7-8,10-11H,3-6H2,1-2H3. The summed E-state index contributed by atoms with van der Waals surface area (Å²) in [4.78, 5) is 0. The summed E-state index contributed by atoms with van der Waals surface area (Å²) < 4.78 is 5.90. The monoisotopic (exact) mass is 287 g/mol. The third-order valence-corrected chi connectivity index (χ3v) is 1.92. The van der Waals surface area contributed by atoms with Crippen molar-refractivity contribution in [2.45, 2.75) is 32.4 Å². The molecule has 0 aromatic carbocycles. The molecule has 74 valence electrons. The van der Waals surface area contributed by atoms with E-state index in [4.69, 9.17) is 9.84 Å². The molecule has 12 heavy (non-hydrogen) atoms. The van der Waals surface area contributed by atoms with Crippen LogP contribution in [0.15, 0.2) is 0 Å². The third kappa shape index (κ3) is 7.27. The summed E-state index contributed by atoms with van der Waals surface area (Å²) >= 11 is 2.17. The average Bonchev–Trinajstić information content (AvgIpc) is 2.02. The first-order valence-electron chi connectivity index (χ1n) is 4.21. The van der Waals surface area contributed by atoms with Gasteiger partial charge < -0.3 is 15.2 Å². The molecule has 0 heterocycles. The smallest absolute Gasteiger partial charge is 0.0979 e. The summed E-state index contributed by atoms with van der Waals surface area (Å²) in [5.41, 5.74) is 0. The highest BCUT2D eigenvalue weighted by atomic mass is 127. The van der Waals surface area contributed by atoms with E-state index in [1.165, 1.54) is 0 Å². The van der Waals surface area contributed by atoms with Crippen LogP contribution in [0, 0.1) is 0 Å². The van der Waals surface area contributed by atoms with Crippen molar-refractivity contribution >= 4 is 22.6 Å². The Morgan fingerprint density at radius 3 is 2.58 bits per heavy atom. The number of aliphatic hydroxyl groups is 1. The van der Waals surface area contributed by atoms with Crippen molar-refractivity contribution in [1.82, 2.24) is 5.32 Å². The molecule has 0 saturated heterocycles. The van der Waals surface area contributed by atoms with Gasteiger partial charge in [0.25, 0.3) is 0 Å². The maximum Gasteiger partial charge on any atom is 0.0979 e. The van der Waals surface area contributed by atoms with E-state index in [0.29, 0.717) is 12.6 Å². The van der Waals surface area contributed by atoms with Crippen LogP contribution in [0.25, 0.3) is 0 Å². The van der Waals surface area contributed by atoms with Gasteiger partial charge in [-0.3, -0.25) is 0 Å². The van der Waals surface area contributed by atoms with Crippen molar-refractivity contribution in [2.24, 2.45) is 0 Å². The molecule has 3 nitrogen and oxygen atoms in total. The number of halogens is 1. The quantitative estimate of drug-likeness (QED) is 0.419. The Bertz CT molecular complexity index is 101. The Labute approximate surface area is 88.0 Å². The van der Waals surface area contributed by atoms with Crippen molar-refractivity contribution < 1.29 is 9.84 Å². The van der Waals surface area contributed by atoms with Crippen LogP contribution < -0.4 is 5.32 Å². The van der Waals surface area contributed by atoms with Crippen LogP contribution in [0.4, 0.5) is 0 Å². The Hall–Kier alpha value is 0.610. The van der Waals surface area contributed by atoms with Gasteiger partial charge in [0.15, 0.2) is 0 Å². The van der Waals surface area contributed by atoms with Gasteiger partial charge >= 0.3 is 0 Å². The van der Waals surface area contributed by atoms with E-state index in [9.17, 15) is 0 Å². The van der Waals surface area contributed by atoms with Crippen LogP contribution in [-0.2, 0) is 4.74 Å². The number of ether oxygens (including phenoxy) is 1. The SMILES string of the molecule is CC(C)NC(CO)CCOCI. The van der Waals surface area contributed by atoms with Crippen molar-refractivity contribution in [3.8, 4) is 0 Å². The molecule has 0 aromatic rings. The van der Waals surface area contributed by atoms with Gasteiger partial charge in [0.1, 0.15) is 0 Å². The predicted octanol–water partition coefficient (Wildman–Crippen LogP) is 1.14. The first-order valence-corrected chi connectivity index (χ1v) is 5.73. The van der Waals surface area contributed by atoms with Gasteiger partial charge in [0, 0.05) is 18.7 Å². The van der Waals surface area contributed by atoms with Crippen LogP contribution in [0.2, 0.25) is 0 Å².